The third kappa shape index (κ3) is 2.91. The van der Waals surface area contributed by atoms with Crippen molar-refractivity contribution in [2.24, 2.45) is 5.10 Å². The molecule has 0 saturated heterocycles. The molecule has 0 saturated carbocycles. The van der Waals surface area contributed by atoms with E-state index in [4.69, 9.17) is 11.6 Å². The van der Waals surface area contributed by atoms with Crippen LogP contribution >= 0.6 is 27.5 Å². The Balaban J connectivity index is 1.78. The van der Waals surface area contributed by atoms with Gasteiger partial charge in [-0.15, -0.1) is 0 Å². The second-order valence-electron chi connectivity index (χ2n) is 4.58. The van der Waals surface area contributed by atoms with Gasteiger partial charge in [-0.2, -0.15) is 5.10 Å². The van der Waals surface area contributed by atoms with Crippen molar-refractivity contribution < 1.29 is 4.79 Å². The first-order valence-electron chi connectivity index (χ1n) is 6.51. The quantitative estimate of drug-likeness (QED) is 0.518. The molecule has 2 aromatic carbocycles. The van der Waals surface area contributed by atoms with Gasteiger partial charge < -0.3 is 4.98 Å². The molecule has 1 amide bonds. The Hall–Kier alpha value is -2.11. The van der Waals surface area contributed by atoms with Crippen molar-refractivity contribution in [3.05, 3.63) is 69.3 Å². The molecule has 0 aliphatic rings. The summed E-state index contributed by atoms with van der Waals surface area (Å²) in [6.07, 6.45) is 1.50. The van der Waals surface area contributed by atoms with E-state index in [0.717, 1.165) is 10.9 Å². The SMILES string of the molecule is O=C(N/N=C\c1[nH]c2ccccc2c1Cl)c1ccccc1Br. The molecule has 0 unspecified atom stereocenters. The highest BCUT2D eigenvalue weighted by atomic mass is 79.9. The van der Waals surface area contributed by atoms with Crippen LogP contribution in [0.3, 0.4) is 0 Å². The second-order valence-corrected chi connectivity index (χ2v) is 5.81. The molecular weight excluding hydrogens is 366 g/mol. The lowest BCUT2D eigenvalue weighted by Gasteiger charge is -2.01. The van der Waals surface area contributed by atoms with Gasteiger partial charge in [0.2, 0.25) is 0 Å². The highest BCUT2D eigenvalue weighted by molar-refractivity contribution is 9.10. The molecule has 0 aliphatic carbocycles. The largest absolute Gasteiger partial charge is 0.352 e. The summed E-state index contributed by atoms with van der Waals surface area (Å²) in [6.45, 7) is 0. The summed E-state index contributed by atoms with van der Waals surface area (Å²) in [7, 11) is 0. The molecule has 1 aromatic heterocycles. The summed E-state index contributed by atoms with van der Waals surface area (Å²) in [5, 5.41) is 5.45. The van der Waals surface area contributed by atoms with E-state index < -0.39 is 0 Å². The zero-order chi connectivity index (χ0) is 15.5. The standard InChI is InChI=1S/C16H11BrClN3O/c17-12-7-3-1-5-10(12)16(22)21-19-9-14-15(18)11-6-2-4-8-13(11)20-14/h1-9,20H,(H,21,22)/b19-9-. The number of carbonyl (C=O) groups is 1. The Morgan fingerprint density at radius 1 is 1.18 bits per heavy atom. The third-order valence-electron chi connectivity index (χ3n) is 3.15. The van der Waals surface area contributed by atoms with Crippen LogP contribution in [0.1, 0.15) is 16.1 Å². The Labute approximate surface area is 140 Å². The van der Waals surface area contributed by atoms with Gasteiger partial charge in [-0.3, -0.25) is 4.79 Å². The van der Waals surface area contributed by atoms with E-state index >= 15 is 0 Å². The number of benzene rings is 2. The van der Waals surface area contributed by atoms with Crippen molar-refractivity contribution >= 4 is 50.6 Å². The Morgan fingerprint density at radius 3 is 2.68 bits per heavy atom. The molecule has 0 bridgehead atoms. The van der Waals surface area contributed by atoms with Crippen molar-refractivity contribution in [3.8, 4) is 0 Å². The number of hydrogen-bond acceptors (Lipinski definition) is 2. The molecule has 3 aromatic rings. The number of carbonyl (C=O) groups excluding carboxylic acids is 1. The minimum absolute atomic E-state index is 0.295. The number of nitrogens with one attached hydrogen (secondary N) is 2. The molecule has 0 fully saturated rings. The lowest BCUT2D eigenvalue weighted by molar-refractivity contribution is 0.0954. The zero-order valence-electron chi connectivity index (χ0n) is 11.3. The average molecular weight is 377 g/mol. The first-order valence-corrected chi connectivity index (χ1v) is 7.68. The Kier molecular flexibility index (Phi) is 4.27. The molecule has 0 radical (unpaired) electrons. The number of hydrogen-bond donors (Lipinski definition) is 2. The number of fused-ring (bicyclic) bond motifs is 1. The fraction of sp³-hybridized carbons (Fsp3) is 0. The molecule has 0 spiro atoms. The van der Waals surface area contributed by atoms with Crippen LogP contribution in [-0.4, -0.2) is 17.1 Å². The third-order valence-corrected chi connectivity index (χ3v) is 4.25. The number of H-pyrrole nitrogens is 1. The van der Waals surface area contributed by atoms with Gasteiger partial charge >= 0.3 is 0 Å². The van der Waals surface area contributed by atoms with E-state index in [-0.39, 0.29) is 5.91 Å². The molecule has 110 valence electrons. The number of halogens is 2. The average Bonchev–Trinajstić information content (AvgIpc) is 2.84. The fourth-order valence-corrected chi connectivity index (χ4v) is 2.80. The summed E-state index contributed by atoms with van der Waals surface area (Å²) < 4.78 is 0.714. The first-order chi connectivity index (χ1) is 10.7. The van der Waals surface area contributed by atoms with E-state index in [1.54, 1.807) is 18.2 Å². The summed E-state index contributed by atoms with van der Waals surface area (Å²) in [5.74, 6) is -0.295. The maximum absolute atomic E-state index is 12.0. The van der Waals surface area contributed by atoms with E-state index in [9.17, 15) is 4.79 Å². The molecule has 6 heteroatoms. The van der Waals surface area contributed by atoms with Crippen molar-refractivity contribution in [3.63, 3.8) is 0 Å². The zero-order valence-corrected chi connectivity index (χ0v) is 13.6. The predicted molar refractivity (Wildman–Crippen MR) is 92.5 cm³/mol. The van der Waals surface area contributed by atoms with Crippen LogP contribution < -0.4 is 5.43 Å². The van der Waals surface area contributed by atoms with Crippen molar-refractivity contribution in [1.82, 2.24) is 10.4 Å². The van der Waals surface area contributed by atoms with Crippen LogP contribution in [0.15, 0.2) is 58.1 Å². The van der Waals surface area contributed by atoms with Gasteiger partial charge in [0.15, 0.2) is 0 Å². The maximum atomic E-state index is 12.0. The normalized spacial score (nSPS) is 11.2. The second kappa shape index (κ2) is 6.34. The first kappa shape index (κ1) is 14.8. The van der Waals surface area contributed by atoms with Crippen molar-refractivity contribution in [2.75, 3.05) is 0 Å². The summed E-state index contributed by atoms with van der Waals surface area (Å²) in [6, 6.07) is 14.8. The number of nitrogens with zero attached hydrogens (tertiary/aromatic N) is 1. The van der Waals surface area contributed by atoms with Gasteiger partial charge in [0, 0.05) is 15.4 Å². The molecule has 1 heterocycles. The van der Waals surface area contributed by atoms with Gasteiger partial charge in [0.05, 0.1) is 22.5 Å². The summed E-state index contributed by atoms with van der Waals surface area (Å²) in [5.41, 5.74) is 4.57. The van der Waals surface area contributed by atoms with Gasteiger partial charge in [0.25, 0.3) is 5.91 Å². The number of para-hydroxylation sites is 1. The molecule has 0 aliphatic heterocycles. The fourth-order valence-electron chi connectivity index (χ4n) is 2.08. The van der Waals surface area contributed by atoms with Crippen LogP contribution in [0.2, 0.25) is 5.02 Å². The summed E-state index contributed by atoms with van der Waals surface area (Å²) in [4.78, 5) is 15.2. The van der Waals surface area contributed by atoms with E-state index in [2.05, 4.69) is 31.4 Å². The van der Waals surface area contributed by atoms with Gasteiger partial charge in [-0.05, 0) is 34.1 Å². The predicted octanol–water partition coefficient (Wildman–Crippen LogP) is 4.35. The number of aromatic amines is 1. The minimum Gasteiger partial charge on any atom is -0.352 e. The molecule has 2 N–H and O–H groups in total. The highest BCUT2D eigenvalue weighted by Gasteiger charge is 2.09. The number of aromatic nitrogens is 1. The maximum Gasteiger partial charge on any atom is 0.272 e. The van der Waals surface area contributed by atoms with Crippen LogP contribution in [0.4, 0.5) is 0 Å². The topological polar surface area (TPSA) is 57.2 Å². The van der Waals surface area contributed by atoms with Crippen LogP contribution in [0, 0.1) is 0 Å². The van der Waals surface area contributed by atoms with Crippen molar-refractivity contribution in [2.45, 2.75) is 0 Å². The summed E-state index contributed by atoms with van der Waals surface area (Å²) >= 11 is 9.60. The van der Waals surface area contributed by atoms with Crippen LogP contribution in [0.25, 0.3) is 10.9 Å². The van der Waals surface area contributed by atoms with E-state index in [1.165, 1.54) is 6.21 Å². The number of hydrazone groups is 1. The molecule has 4 nitrogen and oxygen atoms in total. The Bertz CT molecular complexity index is 873. The minimum atomic E-state index is -0.295. The lowest BCUT2D eigenvalue weighted by atomic mass is 10.2. The van der Waals surface area contributed by atoms with Gasteiger partial charge in [0.1, 0.15) is 0 Å². The monoisotopic (exact) mass is 375 g/mol. The van der Waals surface area contributed by atoms with E-state index in [0.29, 0.717) is 20.8 Å². The van der Waals surface area contributed by atoms with Gasteiger partial charge in [-0.25, -0.2) is 5.43 Å². The Morgan fingerprint density at radius 2 is 1.91 bits per heavy atom. The number of rotatable bonds is 3. The smallest absolute Gasteiger partial charge is 0.272 e. The van der Waals surface area contributed by atoms with E-state index in [1.807, 2.05) is 30.3 Å². The van der Waals surface area contributed by atoms with Crippen LogP contribution in [-0.2, 0) is 0 Å². The molecule has 22 heavy (non-hydrogen) atoms. The lowest BCUT2D eigenvalue weighted by Crippen LogP contribution is -2.18. The number of amides is 1. The van der Waals surface area contributed by atoms with Crippen LogP contribution in [0.5, 0.6) is 0 Å². The van der Waals surface area contributed by atoms with Gasteiger partial charge in [-0.1, -0.05) is 41.9 Å². The highest BCUT2D eigenvalue weighted by Crippen LogP contribution is 2.25. The molecular formula is C16H11BrClN3O. The van der Waals surface area contributed by atoms with Crippen molar-refractivity contribution in [1.29, 1.82) is 0 Å². The molecule has 3 rings (SSSR count). The molecule has 0 atom stereocenters.